The highest BCUT2D eigenvalue weighted by molar-refractivity contribution is 14.1. The molecule has 5 nitrogen and oxygen atoms in total. The quantitative estimate of drug-likeness (QED) is 0.212. The first-order chi connectivity index (χ1) is 13.2. The Morgan fingerprint density at radius 3 is 2.54 bits per heavy atom. The van der Waals surface area contributed by atoms with Gasteiger partial charge in [-0.2, -0.15) is 0 Å². The lowest BCUT2D eigenvalue weighted by Crippen LogP contribution is -2.29. The van der Waals surface area contributed by atoms with Crippen LogP contribution < -0.4 is 10.8 Å². The van der Waals surface area contributed by atoms with Crippen molar-refractivity contribution < 1.29 is 32.3 Å². The zero-order valence-corrected chi connectivity index (χ0v) is 16.8. The molecule has 1 amide bonds. The maximum absolute atomic E-state index is 14.3. The van der Waals surface area contributed by atoms with E-state index in [1.807, 2.05) is 35.0 Å². The molecule has 152 valence electrons. The van der Waals surface area contributed by atoms with Crippen LogP contribution in [0.4, 0.5) is 28.9 Å². The molecule has 0 fully saturated rings. The van der Waals surface area contributed by atoms with Crippen molar-refractivity contribution in [3.05, 3.63) is 56.7 Å². The summed E-state index contributed by atoms with van der Waals surface area (Å²) in [6, 6.07) is 4.37. The molecule has 0 saturated carbocycles. The van der Waals surface area contributed by atoms with Gasteiger partial charge in [0.2, 0.25) is 0 Å². The molecule has 0 saturated heterocycles. The molecule has 0 aliphatic rings. The van der Waals surface area contributed by atoms with Crippen molar-refractivity contribution in [3.63, 3.8) is 0 Å². The Morgan fingerprint density at radius 1 is 1.18 bits per heavy atom. The third-order valence-corrected chi connectivity index (χ3v) is 4.33. The van der Waals surface area contributed by atoms with Crippen molar-refractivity contribution in [2.24, 2.45) is 0 Å². The van der Waals surface area contributed by atoms with Crippen LogP contribution in [-0.4, -0.2) is 23.7 Å². The average Bonchev–Trinajstić information content (AvgIpc) is 2.63. The first-order valence-electron chi connectivity index (χ1n) is 8.24. The summed E-state index contributed by atoms with van der Waals surface area (Å²) in [6.07, 6.45) is 0.266. The fraction of sp³-hybridized carbons (Fsp3) is 0.278. The third kappa shape index (κ3) is 5.55. The van der Waals surface area contributed by atoms with E-state index < -0.39 is 46.5 Å². The number of rotatable bonds is 8. The van der Waals surface area contributed by atoms with Crippen molar-refractivity contribution in [2.75, 3.05) is 11.9 Å². The van der Waals surface area contributed by atoms with Gasteiger partial charge in [0.05, 0.1) is 23.0 Å². The van der Waals surface area contributed by atoms with Crippen LogP contribution in [0.3, 0.4) is 0 Å². The molecule has 0 aliphatic heterocycles. The monoisotopic (exact) mass is 512 g/mol. The van der Waals surface area contributed by atoms with Crippen molar-refractivity contribution >= 4 is 39.9 Å². The second-order valence-corrected chi connectivity index (χ2v) is 7.09. The summed E-state index contributed by atoms with van der Waals surface area (Å²) in [5, 5.41) is 11.8. The fourth-order valence-electron chi connectivity index (χ4n) is 2.30. The van der Waals surface area contributed by atoms with Crippen molar-refractivity contribution in [1.29, 1.82) is 0 Å². The Labute approximate surface area is 172 Å². The van der Waals surface area contributed by atoms with E-state index >= 15 is 0 Å². The van der Waals surface area contributed by atoms with Gasteiger partial charge in [-0.05, 0) is 53.3 Å². The lowest BCUT2D eigenvalue weighted by atomic mass is 10.1. The van der Waals surface area contributed by atoms with Gasteiger partial charge < -0.3 is 10.4 Å². The lowest BCUT2D eigenvalue weighted by molar-refractivity contribution is -0.0149. The minimum absolute atomic E-state index is 0.237. The van der Waals surface area contributed by atoms with Crippen LogP contribution >= 0.6 is 22.6 Å². The predicted octanol–water partition coefficient (Wildman–Crippen LogP) is 4.41. The normalized spacial score (nSPS) is 12.0. The van der Waals surface area contributed by atoms with Crippen molar-refractivity contribution in [2.45, 2.75) is 25.9 Å². The number of hydrogen-bond donors (Lipinski definition) is 3. The summed E-state index contributed by atoms with van der Waals surface area (Å²) >= 11 is 1.86. The van der Waals surface area contributed by atoms with Crippen LogP contribution in [0.25, 0.3) is 0 Å². The topological polar surface area (TPSA) is 70.6 Å². The molecule has 0 heterocycles. The van der Waals surface area contributed by atoms with Gasteiger partial charge in [0, 0.05) is 3.57 Å². The molecular formula is C18H17F4IN2O3. The van der Waals surface area contributed by atoms with E-state index in [1.54, 1.807) is 0 Å². The van der Waals surface area contributed by atoms with Gasteiger partial charge in [-0.3, -0.25) is 9.63 Å². The molecule has 2 aromatic rings. The molecule has 3 N–H and O–H groups in total. The molecule has 0 aromatic heterocycles. The number of carbonyl (C=O) groups excluding carboxylic acids is 1. The highest BCUT2D eigenvalue weighted by Gasteiger charge is 2.24. The molecule has 28 heavy (non-hydrogen) atoms. The summed E-state index contributed by atoms with van der Waals surface area (Å²) in [7, 11) is 0. The Kier molecular flexibility index (Phi) is 8.01. The van der Waals surface area contributed by atoms with E-state index in [-0.39, 0.29) is 12.3 Å². The number of benzene rings is 2. The van der Waals surface area contributed by atoms with Crippen molar-refractivity contribution in [1.82, 2.24) is 5.48 Å². The standard InChI is InChI=1S/C18H17F4IN2O3/c1-2-3-10(26)8-28-25-18(27)11-7-13(20)15(21)16(22)17(11)24-14-5-4-9(23)6-12(14)19/h4-7,10,24,26H,2-3,8H2,1H3,(H,25,27). The minimum Gasteiger partial charge on any atom is -0.391 e. The number of amides is 1. The molecule has 0 bridgehead atoms. The van der Waals surface area contributed by atoms with E-state index in [9.17, 15) is 27.5 Å². The molecule has 1 atom stereocenters. The number of anilines is 2. The highest BCUT2D eigenvalue weighted by Crippen LogP contribution is 2.30. The lowest BCUT2D eigenvalue weighted by Gasteiger charge is -2.15. The molecule has 10 heteroatoms. The number of carbonyl (C=O) groups is 1. The van der Waals surface area contributed by atoms with Gasteiger partial charge in [-0.1, -0.05) is 13.3 Å². The third-order valence-electron chi connectivity index (χ3n) is 3.66. The Morgan fingerprint density at radius 2 is 1.89 bits per heavy atom. The minimum atomic E-state index is -1.82. The molecular weight excluding hydrogens is 495 g/mol. The van der Waals surface area contributed by atoms with Gasteiger partial charge in [0.1, 0.15) is 12.4 Å². The number of aliphatic hydroxyl groups excluding tert-OH is 1. The van der Waals surface area contributed by atoms with Crippen LogP contribution in [0.5, 0.6) is 0 Å². The number of hydroxylamine groups is 1. The average molecular weight is 512 g/mol. The van der Waals surface area contributed by atoms with Crippen LogP contribution in [-0.2, 0) is 4.84 Å². The second kappa shape index (κ2) is 10.0. The van der Waals surface area contributed by atoms with Gasteiger partial charge in [-0.15, -0.1) is 0 Å². The predicted molar refractivity (Wildman–Crippen MR) is 103 cm³/mol. The molecule has 2 aromatic carbocycles. The van der Waals surface area contributed by atoms with E-state index in [1.165, 1.54) is 12.1 Å². The summed E-state index contributed by atoms with van der Waals surface area (Å²) in [5.74, 6) is -6.98. The number of aliphatic hydroxyl groups is 1. The first kappa shape index (κ1) is 22.4. The zero-order chi connectivity index (χ0) is 20.8. The second-order valence-electron chi connectivity index (χ2n) is 5.84. The number of hydrogen-bond acceptors (Lipinski definition) is 4. The fourth-order valence-corrected chi connectivity index (χ4v) is 2.75. The van der Waals surface area contributed by atoms with Crippen molar-refractivity contribution in [3.8, 4) is 0 Å². The Balaban J connectivity index is 2.29. The zero-order valence-electron chi connectivity index (χ0n) is 14.7. The summed E-state index contributed by atoms with van der Waals surface area (Å²) in [4.78, 5) is 17.1. The molecule has 2 rings (SSSR count). The van der Waals surface area contributed by atoms with Gasteiger partial charge >= 0.3 is 0 Å². The van der Waals surface area contributed by atoms with Gasteiger partial charge in [0.25, 0.3) is 5.91 Å². The Bertz CT molecular complexity index is 867. The smallest absolute Gasteiger partial charge is 0.277 e. The van der Waals surface area contributed by atoms with E-state index in [0.29, 0.717) is 22.5 Å². The Hall–Kier alpha value is -1.92. The maximum Gasteiger partial charge on any atom is 0.277 e. The number of nitrogens with one attached hydrogen (secondary N) is 2. The van der Waals surface area contributed by atoms with E-state index in [0.717, 1.165) is 6.07 Å². The largest absolute Gasteiger partial charge is 0.391 e. The summed E-state index contributed by atoms with van der Waals surface area (Å²) in [6.45, 7) is 1.59. The SMILES string of the molecule is CCCC(O)CONC(=O)c1cc(F)c(F)c(F)c1Nc1ccc(I)cc1F. The van der Waals surface area contributed by atoms with Crippen LogP contribution in [0, 0.1) is 26.8 Å². The highest BCUT2D eigenvalue weighted by atomic mass is 127. The van der Waals surface area contributed by atoms with E-state index in [2.05, 4.69) is 5.32 Å². The molecule has 0 radical (unpaired) electrons. The van der Waals surface area contributed by atoms with Gasteiger partial charge in [-0.25, -0.2) is 23.0 Å². The first-order valence-corrected chi connectivity index (χ1v) is 9.32. The van der Waals surface area contributed by atoms with E-state index in [4.69, 9.17) is 4.84 Å². The summed E-state index contributed by atoms with van der Waals surface area (Å²) in [5.41, 5.74) is 0.290. The summed E-state index contributed by atoms with van der Waals surface area (Å²) < 4.78 is 56.1. The number of halogens is 5. The molecule has 0 spiro atoms. The molecule has 0 aliphatic carbocycles. The van der Waals surface area contributed by atoms with Crippen LogP contribution in [0.1, 0.15) is 30.1 Å². The maximum atomic E-state index is 14.3. The van der Waals surface area contributed by atoms with Crippen LogP contribution in [0.2, 0.25) is 0 Å². The molecule has 1 unspecified atom stereocenters. The van der Waals surface area contributed by atoms with Gasteiger partial charge in [0.15, 0.2) is 17.5 Å². The van der Waals surface area contributed by atoms with Crippen LogP contribution in [0.15, 0.2) is 24.3 Å².